The van der Waals surface area contributed by atoms with Gasteiger partial charge in [-0.25, -0.2) is 5.06 Å². The van der Waals surface area contributed by atoms with Gasteiger partial charge in [0.15, 0.2) is 5.22 Å². The minimum atomic E-state index is -0.923. The highest BCUT2D eigenvalue weighted by molar-refractivity contribution is 5.88. The van der Waals surface area contributed by atoms with E-state index in [0.29, 0.717) is 24.3 Å². The van der Waals surface area contributed by atoms with Gasteiger partial charge in [0.25, 0.3) is 0 Å². The van der Waals surface area contributed by atoms with Crippen LogP contribution in [0.15, 0.2) is 40.8 Å². The summed E-state index contributed by atoms with van der Waals surface area (Å²) in [6.45, 7) is 2.14. The molecule has 0 aliphatic heterocycles. The van der Waals surface area contributed by atoms with E-state index in [2.05, 4.69) is 21.1 Å². The van der Waals surface area contributed by atoms with Crippen LogP contribution in [-0.4, -0.2) is 71.3 Å². The van der Waals surface area contributed by atoms with Crippen LogP contribution >= 0.6 is 0 Å². The number of hydrogen-bond donors (Lipinski definition) is 3. The summed E-state index contributed by atoms with van der Waals surface area (Å²) in [5, 5.41) is 32.8. The Labute approximate surface area is 198 Å². The molecule has 1 rings (SSSR count). The largest absolute Gasteiger partial charge is 0.357 e. The summed E-state index contributed by atoms with van der Waals surface area (Å²) in [5.41, 5.74) is 0.845. The molecule has 188 valence electrons. The summed E-state index contributed by atoms with van der Waals surface area (Å²) < 4.78 is 0. The first-order valence-electron chi connectivity index (χ1n) is 11.0. The predicted octanol–water partition coefficient (Wildman–Crippen LogP) is 1.36. The zero-order valence-corrected chi connectivity index (χ0v) is 19.7. The number of nitro groups is 1. The second-order valence-corrected chi connectivity index (χ2v) is 7.75. The van der Waals surface area contributed by atoms with E-state index < -0.39 is 34.8 Å². The zero-order chi connectivity index (χ0) is 25.5. The predicted molar refractivity (Wildman–Crippen MR) is 122 cm³/mol. The molecule has 0 bridgehead atoms. The highest BCUT2D eigenvalue weighted by Crippen LogP contribution is 2.21. The molecule has 0 spiro atoms. The van der Waals surface area contributed by atoms with Crippen LogP contribution < -0.4 is 10.6 Å². The molecule has 3 atom stereocenters. The Kier molecular flexibility index (Phi) is 12.8. The van der Waals surface area contributed by atoms with Crippen LogP contribution in [0.25, 0.3) is 0 Å². The van der Waals surface area contributed by atoms with Gasteiger partial charge in [0.2, 0.25) is 23.4 Å². The van der Waals surface area contributed by atoms with Gasteiger partial charge in [0.05, 0.1) is 23.5 Å². The van der Waals surface area contributed by atoms with Gasteiger partial charge in [-0.05, 0) is 31.2 Å². The Morgan fingerprint density at radius 3 is 2.47 bits per heavy atom. The minimum absolute atomic E-state index is 0.233. The van der Waals surface area contributed by atoms with E-state index in [1.54, 1.807) is 0 Å². The molecule has 13 nitrogen and oxygen atoms in total. The van der Waals surface area contributed by atoms with Crippen LogP contribution in [0.2, 0.25) is 0 Å². The average Bonchev–Trinajstić information content (AvgIpc) is 2.83. The van der Waals surface area contributed by atoms with Crippen LogP contribution in [0.4, 0.5) is 0 Å². The minimum Gasteiger partial charge on any atom is -0.357 e. The van der Waals surface area contributed by atoms with Crippen molar-refractivity contribution in [3.8, 4) is 0 Å². The van der Waals surface area contributed by atoms with Crippen molar-refractivity contribution in [2.45, 2.75) is 51.1 Å². The molecular formula is C21H33N7O6. The summed E-state index contributed by atoms with van der Waals surface area (Å²) in [7, 11) is 2.95. The Morgan fingerprint density at radius 1 is 1.24 bits per heavy atom. The SMILES string of the molecule is CCC[C@@H]([C@@H](Cc1ccccc1)C(=O)N[C@@H](CCCN(C)N=N[N+](=O)[O-])C(=O)NC)N(O)C=O. The molecule has 34 heavy (non-hydrogen) atoms. The number of amides is 3. The fourth-order valence-electron chi connectivity index (χ4n) is 3.55. The van der Waals surface area contributed by atoms with Crippen LogP contribution in [0.1, 0.15) is 38.2 Å². The topological polar surface area (TPSA) is 170 Å². The smallest absolute Gasteiger partial charge is 0.242 e. The second-order valence-electron chi connectivity index (χ2n) is 7.75. The molecule has 0 saturated carbocycles. The first kappa shape index (κ1) is 28.4. The van der Waals surface area contributed by atoms with Crippen molar-refractivity contribution in [1.82, 2.24) is 20.7 Å². The molecule has 0 aromatic heterocycles. The summed E-state index contributed by atoms with van der Waals surface area (Å²) in [5.74, 6) is -1.69. The maximum Gasteiger partial charge on any atom is 0.242 e. The molecule has 0 unspecified atom stereocenters. The number of benzene rings is 1. The Morgan fingerprint density at radius 2 is 1.91 bits per heavy atom. The van der Waals surface area contributed by atoms with Crippen molar-refractivity contribution in [3.05, 3.63) is 46.0 Å². The molecule has 13 heteroatoms. The van der Waals surface area contributed by atoms with Crippen LogP contribution in [0.5, 0.6) is 0 Å². The molecule has 0 fully saturated rings. The summed E-state index contributed by atoms with van der Waals surface area (Å²) in [6, 6.07) is 7.53. The van der Waals surface area contributed by atoms with Crippen molar-refractivity contribution in [1.29, 1.82) is 0 Å². The van der Waals surface area contributed by atoms with Gasteiger partial charge < -0.3 is 20.7 Å². The van der Waals surface area contributed by atoms with E-state index in [1.165, 1.54) is 19.1 Å². The number of carbonyl (C=O) groups excluding carboxylic acids is 3. The van der Waals surface area contributed by atoms with Gasteiger partial charge >= 0.3 is 0 Å². The second kappa shape index (κ2) is 15.3. The number of likely N-dealkylation sites (N-methyl/N-ethyl adjacent to an activating group) is 1. The zero-order valence-electron chi connectivity index (χ0n) is 19.7. The molecule has 3 amide bonds. The van der Waals surface area contributed by atoms with E-state index in [-0.39, 0.29) is 25.8 Å². The maximum absolute atomic E-state index is 13.3. The number of nitrogens with one attached hydrogen (secondary N) is 2. The monoisotopic (exact) mass is 479 g/mol. The van der Waals surface area contributed by atoms with Gasteiger partial charge in [0.1, 0.15) is 6.04 Å². The standard InChI is InChI=1S/C21H33N7O6/c1-4-9-19(27(32)15-29)17(14-16-10-6-5-7-11-16)20(30)23-18(21(31)22-2)12-8-13-26(3)24-25-28(33)34/h5-7,10-11,15,17-19,32H,4,8-9,12-14H2,1-3H3,(H,22,31)(H,23,30)/t17-,18+,19+/m1/s1. The quantitative estimate of drug-likeness (QED) is 0.106. The van der Waals surface area contributed by atoms with Gasteiger partial charge in [-0.3, -0.25) is 19.6 Å². The van der Waals surface area contributed by atoms with Crippen molar-refractivity contribution >= 4 is 18.2 Å². The van der Waals surface area contributed by atoms with Crippen molar-refractivity contribution in [2.75, 3.05) is 20.6 Å². The van der Waals surface area contributed by atoms with Crippen molar-refractivity contribution in [3.63, 3.8) is 0 Å². The lowest BCUT2D eigenvalue weighted by atomic mass is 9.88. The molecule has 1 aromatic rings. The fourth-order valence-corrected chi connectivity index (χ4v) is 3.55. The van der Waals surface area contributed by atoms with Crippen molar-refractivity contribution in [2.24, 2.45) is 16.4 Å². The molecule has 3 N–H and O–H groups in total. The van der Waals surface area contributed by atoms with Gasteiger partial charge in [-0.1, -0.05) is 43.7 Å². The molecule has 0 saturated heterocycles. The number of nitrogens with zero attached hydrogens (tertiary/aromatic N) is 5. The first-order chi connectivity index (χ1) is 16.2. The van der Waals surface area contributed by atoms with E-state index in [0.717, 1.165) is 5.56 Å². The number of hydrogen-bond acceptors (Lipinski definition) is 7. The van der Waals surface area contributed by atoms with E-state index >= 15 is 0 Å². The first-order valence-corrected chi connectivity index (χ1v) is 11.0. The number of rotatable bonds is 16. The third-order valence-corrected chi connectivity index (χ3v) is 5.25. The molecule has 0 heterocycles. The van der Waals surface area contributed by atoms with Crippen LogP contribution in [0.3, 0.4) is 0 Å². The van der Waals surface area contributed by atoms with E-state index in [4.69, 9.17) is 0 Å². The third-order valence-electron chi connectivity index (χ3n) is 5.25. The summed E-state index contributed by atoms with van der Waals surface area (Å²) in [4.78, 5) is 47.3. The van der Waals surface area contributed by atoms with Gasteiger partial charge in [0, 0.05) is 14.1 Å². The highest BCUT2D eigenvalue weighted by Gasteiger charge is 2.34. The highest BCUT2D eigenvalue weighted by atomic mass is 16.7. The van der Waals surface area contributed by atoms with Crippen LogP contribution in [0, 0.1) is 16.0 Å². The number of hydroxylamine groups is 2. The average molecular weight is 480 g/mol. The summed E-state index contributed by atoms with van der Waals surface area (Å²) in [6.07, 6.45) is 2.16. The molecule has 0 radical (unpaired) electrons. The Bertz CT molecular complexity index is 823. The van der Waals surface area contributed by atoms with Gasteiger partial charge in [-0.15, -0.1) is 0 Å². The van der Waals surface area contributed by atoms with Gasteiger partial charge in [-0.2, -0.15) is 5.01 Å². The number of carbonyl (C=O) groups is 3. The fraction of sp³-hybridized carbons (Fsp3) is 0.571. The lowest BCUT2D eigenvalue weighted by Crippen LogP contribution is -2.52. The van der Waals surface area contributed by atoms with Crippen molar-refractivity contribution < 1.29 is 24.6 Å². The summed E-state index contributed by atoms with van der Waals surface area (Å²) >= 11 is 0. The normalized spacial score (nSPS) is 13.5. The van der Waals surface area contributed by atoms with E-state index in [1.807, 2.05) is 37.3 Å². The van der Waals surface area contributed by atoms with Crippen LogP contribution in [-0.2, 0) is 20.8 Å². The maximum atomic E-state index is 13.3. The lowest BCUT2D eigenvalue weighted by Gasteiger charge is -2.31. The Hall–Kier alpha value is -3.61. The molecule has 1 aromatic carbocycles. The van der Waals surface area contributed by atoms with E-state index in [9.17, 15) is 29.7 Å². The lowest BCUT2D eigenvalue weighted by molar-refractivity contribution is -0.496. The Balaban J connectivity index is 3.01. The molecule has 0 aliphatic rings. The third kappa shape index (κ3) is 9.90. The molecule has 0 aliphatic carbocycles. The molecular weight excluding hydrogens is 446 g/mol.